The van der Waals surface area contributed by atoms with E-state index in [1.54, 1.807) is 6.08 Å². The van der Waals surface area contributed by atoms with Crippen LogP contribution in [0.2, 0.25) is 0 Å². The Kier molecular flexibility index (Phi) is 10.0. The number of benzene rings is 2. The normalized spacial score (nSPS) is 11.2. The number of carbonyl (C=O) groups excluding carboxylic acids is 1. The molecule has 29 heavy (non-hydrogen) atoms. The molecule has 1 amide bonds. The number of rotatable bonds is 12. The molecule has 0 unspecified atom stereocenters. The first-order valence-corrected chi connectivity index (χ1v) is 10.5. The van der Waals surface area contributed by atoms with Crippen molar-refractivity contribution in [2.75, 3.05) is 33.8 Å². The zero-order valence-corrected chi connectivity index (χ0v) is 18.0. The van der Waals surface area contributed by atoms with Gasteiger partial charge >= 0.3 is 0 Å². The second-order valence-electron chi connectivity index (χ2n) is 7.47. The predicted molar refractivity (Wildman–Crippen MR) is 121 cm³/mol. The molecule has 0 N–H and O–H groups in total. The topological polar surface area (TPSA) is 32.8 Å². The number of hydrogen-bond donors (Lipinski definition) is 0. The molecule has 4 nitrogen and oxygen atoms in total. The van der Waals surface area contributed by atoms with E-state index in [4.69, 9.17) is 4.74 Å². The Morgan fingerprint density at radius 1 is 0.966 bits per heavy atom. The standard InChI is InChI=1S/C25H34N2O2/c1-4-5-19-27(25(28)17-16-22-12-7-6-8-13-22)21-23-14-9-10-15-24(23)29-20-11-18-26(2)3/h6-10,12-17H,4-5,11,18-21H2,1-3H3/b17-16-. The predicted octanol–water partition coefficient (Wildman–Crippen LogP) is 4.86. The Bertz CT molecular complexity index is 756. The number of amides is 1. The third-order valence-electron chi connectivity index (χ3n) is 4.65. The number of unbranched alkanes of at least 4 members (excludes halogenated alkanes) is 1. The van der Waals surface area contributed by atoms with Gasteiger partial charge in [-0.15, -0.1) is 0 Å². The van der Waals surface area contributed by atoms with Gasteiger partial charge in [-0.2, -0.15) is 0 Å². The first-order chi connectivity index (χ1) is 14.1. The maximum absolute atomic E-state index is 12.9. The molecule has 0 spiro atoms. The van der Waals surface area contributed by atoms with E-state index in [1.807, 2.05) is 59.5 Å². The summed E-state index contributed by atoms with van der Waals surface area (Å²) in [4.78, 5) is 16.9. The number of nitrogens with zero attached hydrogens (tertiary/aromatic N) is 2. The van der Waals surface area contributed by atoms with Crippen molar-refractivity contribution in [1.29, 1.82) is 0 Å². The lowest BCUT2D eigenvalue weighted by Gasteiger charge is -2.23. The van der Waals surface area contributed by atoms with Crippen molar-refractivity contribution >= 4 is 12.0 Å². The van der Waals surface area contributed by atoms with Crippen LogP contribution in [0, 0.1) is 0 Å². The molecule has 0 saturated heterocycles. The first-order valence-electron chi connectivity index (χ1n) is 10.5. The second-order valence-corrected chi connectivity index (χ2v) is 7.47. The third kappa shape index (κ3) is 8.53. The van der Waals surface area contributed by atoms with Gasteiger partial charge < -0.3 is 14.5 Å². The average molecular weight is 395 g/mol. The molecule has 0 aliphatic rings. The van der Waals surface area contributed by atoms with E-state index in [0.717, 1.165) is 49.2 Å². The lowest BCUT2D eigenvalue weighted by atomic mass is 10.1. The van der Waals surface area contributed by atoms with Crippen molar-refractivity contribution in [3.8, 4) is 5.75 Å². The van der Waals surface area contributed by atoms with Gasteiger partial charge in [-0.1, -0.05) is 61.9 Å². The van der Waals surface area contributed by atoms with Crippen LogP contribution >= 0.6 is 0 Å². The van der Waals surface area contributed by atoms with Crippen molar-refractivity contribution < 1.29 is 9.53 Å². The Morgan fingerprint density at radius 2 is 1.69 bits per heavy atom. The van der Waals surface area contributed by atoms with E-state index >= 15 is 0 Å². The molecule has 2 aromatic rings. The lowest BCUT2D eigenvalue weighted by molar-refractivity contribution is -0.126. The van der Waals surface area contributed by atoms with Crippen molar-refractivity contribution in [3.05, 3.63) is 71.8 Å². The van der Waals surface area contributed by atoms with Crippen LogP contribution in [0.3, 0.4) is 0 Å². The van der Waals surface area contributed by atoms with Crippen LogP contribution in [0.1, 0.15) is 37.3 Å². The van der Waals surface area contributed by atoms with E-state index in [2.05, 4.69) is 32.0 Å². The molecule has 0 saturated carbocycles. The summed E-state index contributed by atoms with van der Waals surface area (Å²) in [5.41, 5.74) is 2.08. The molecule has 0 radical (unpaired) electrons. The fourth-order valence-electron chi connectivity index (χ4n) is 3.00. The molecule has 0 aromatic heterocycles. The van der Waals surface area contributed by atoms with Crippen LogP contribution in [-0.2, 0) is 11.3 Å². The Morgan fingerprint density at radius 3 is 2.41 bits per heavy atom. The molecule has 0 aliphatic heterocycles. The molecule has 0 bridgehead atoms. The van der Waals surface area contributed by atoms with Crippen LogP contribution in [0.15, 0.2) is 60.7 Å². The summed E-state index contributed by atoms with van der Waals surface area (Å²) < 4.78 is 6.02. The maximum Gasteiger partial charge on any atom is 0.246 e. The minimum Gasteiger partial charge on any atom is -0.493 e. The highest BCUT2D eigenvalue weighted by Crippen LogP contribution is 2.21. The first kappa shape index (κ1) is 22.7. The maximum atomic E-state index is 12.9. The van der Waals surface area contributed by atoms with E-state index in [0.29, 0.717) is 13.2 Å². The number of para-hydroxylation sites is 1. The van der Waals surface area contributed by atoms with Crippen LogP contribution < -0.4 is 4.74 Å². The van der Waals surface area contributed by atoms with Gasteiger partial charge in [-0.05, 0) is 44.6 Å². The molecule has 0 heterocycles. The third-order valence-corrected chi connectivity index (χ3v) is 4.65. The van der Waals surface area contributed by atoms with Crippen molar-refractivity contribution in [2.24, 2.45) is 0 Å². The van der Waals surface area contributed by atoms with Gasteiger partial charge in [-0.25, -0.2) is 0 Å². The number of ether oxygens (including phenoxy) is 1. The summed E-state index contributed by atoms with van der Waals surface area (Å²) in [6.07, 6.45) is 6.56. The fraction of sp³-hybridized carbons (Fsp3) is 0.400. The van der Waals surface area contributed by atoms with Crippen LogP contribution in [0.5, 0.6) is 5.75 Å². The largest absolute Gasteiger partial charge is 0.493 e. The zero-order chi connectivity index (χ0) is 20.9. The van der Waals surface area contributed by atoms with Crippen LogP contribution in [0.4, 0.5) is 0 Å². The van der Waals surface area contributed by atoms with E-state index in [-0.39, 0.29) is 5.91 Å². The molecular formula is C25H34N2O2. The van der Waals surface area contributed by atoms with Gasteiger partial charge in [0.25, 0.3) is 0 Å². The van der Waals surface area contributed by atoms with Gasteiger partial charge in [0.05, 0.1) is 6.61 Å². The number of carbonyl (C=O) groups is 1. The lowest BCUT2D eigenvalue weighted by Crippen LogP contribution is -2.30. The van der Waals surface area contributed by atoms with Crippen LogP contribution in [0.25, 0.3) is 6.08 Å². The monoisotopic (exact) mass is 394 g/mol. The molecule has 4 heteroatoms. The number of hydrogen-bond acceptors (Lipinski definition) is 3. The molecule has 2 aromatic carbocycles. The van der Waals surface area contributed by atoms with Crippen molar-refractivity contribution in [3.63, 3.8) is 0 Å². The van der Waals surface area contributed by atoms with Crippen LogP contribution in [-0.4, -0.2) is 49.5 Å². The minimum absolute atomic E-state index is 0.0321. The molecule has 2 rings (SSSR count). The van der Waals surface area contributed by atoms with Gasteiger partial charge in [0, 0.05) is 31.3 Å². The van der Waals surface area contributed by atoms with Gasteiger partial charge in [0.1, 0.15) is 5.75 Å². The highest BCUT2D eigenvalue weighted by molar-refractivity contribution is 5.91. The van der Waals surface area contributed by atoms with Crippen molar-refractivity contribution in [2.45, 2.75) is 32.7 Å². The molecular weight excluding hydrogens is 360 g/mol. The van der Waals surface area contributed by atoms with Gasteiger partial charge in [0.2, 0.25) is 5.91 Å². The molecule has 156 valence electrons. The summed E-state index contributed by atoms with van der Waals surface area (Å²) in [6, 6.07) is 18.0. The summed E-state index contributed by atoms with van der Waals surface area (Å²) in [5.74, 6) is 0.900. The quantitative estimate of drug-likeness (QED) is 0.381. The summed E-state index contributed by atoms with van der Waals surface area (Å²) in [6.45, 7) is 5.11. The Hall–Kier alpha value is -2.59. The molecule has 0 fully saturated rings. The minimum atomic E-state index is 0.0321. The Balaban J connectivity index is 2.05. The summed E-state index contributed by atoms with van der Waals surface area (Å²) in [5, 5.41) is 0. The SMILES string of the molecule is CCCCN(Cc1ccccc1OCCCN(C)C)C(=O)/C=C\c1ccccc1. The summed E-state index contributed by atoms with van der Waals surface area (Å²) in [7, 11) is 4.13. The second kappa shape index (κ2) is 12.8. The zero-order valence-electron chi connectivity index (χ0n) is 18.0. The van der Waals surface area contributed by atoms with E-state index in [1.165, 1.54) is 0 Å². The average Bonchev–Trinajstić information content (AvgIpc) is 2.74. The molecule has 0 atom stereocenters. The van der Waals surface area contributed by atoms with Crippen molar-refractivity contribution in [1.82, 2.24) is 9.80 Å². The highest BCUT2D eigenvalue weighted by Gasteiger charge is 2.14. The molecule has 0 aliphatic carbocycles. The smallest absolute Gasteiger partial charge is 0.246 e. The highest BCUT2D eigenvalue weighted by atomic mass is 16.5. The summed E-state index contributed by atoms with van der Waals surface area (Å²) >= 11 is 0. The van der Waals surface area contributed by atoms with E-state index in [9.17, 15) is 4.79 Å². The van der Waals surface area contributed by atoms with E-state index < -0.39 is 0 Å². The van der Waals surface area contributed by atoms with Gasteiger partial charge in [0.15, 0.2) is 0 Å². The van der Waals surface area contributed by atoms with Gasteiger partial charge in [-0.3, -0.25) is 4.79 Å². The fourth-order valence-corrected chi connectivity index (χ4v) is 3.00. The Labute approximate surface area is 175 Å².